The Hall–Kier alpha value is -2.17. The van der Waals surface area contributed by atoms with Gasteiger partial charge in [-0.2, -0.15) is 0 Å². The van der Waals surface area contributed by atoms with Crippen LogP contribution < -0.4 is 14.8 Å². The van der Waals surface area contributed by atoms with E-state index >= 15 is 0 Å². The van der Waals surface area contributed by atoms with Gasteiger partial charge in [0.15, 0.2) is 11.5 Å². The first-order valence-electron chi connectivity index (χ1n) is 5.86. The second-order valence-electron chi connectivity index (χ2n) is 4.04. The van der Waals surface area contributed by atoms with Gasteiger partial charge in [0.05, 0.1) is 6.20 Å². The van der Waals surface area contributed by atoms with Crippen LogP contribution in [0.15, 0.2) is 28.8 Å². The van der Waals surface area contributed by atoms with Gasteiger partial charge >= 0.3 is 0 Å². The van der Waals surface area contributed by atoms with Gasteiger partial charge in [0.25, 0.3) is 6.01 Å². The molecule has 0 radical (unpaired) electrons. The molecule has 2 aromatic rings. The minimum Gasteiger partial charge on any atom is -0.486 e. The standard InChI is InChI=1S/C13H14N2O3/c1-14-13-15-8-10(18-13)6-9-2-3-11-12(7-9)17-5-4-16-11/h2-3,7-8H,4-6H2,1H3,(H,14,15). The van der Waals surface area contributed by atoms with Gasteiger partial charge in [-0.25, -0.2) is 4.98 Å². The zero-order chi connectivity index (χ0) is 12.4. The molecular weight excluding hydrogens is 232 g/mol. The van der Waals surface area contributed by atoms with Gasteiger partial charge in [0, 0.05) is 13.5 Å². The van der Waals surface area contributed by atoms with Crippen LogP contribution in [0.2, 0.25) is 0 Å². The molecule has 0 aliphatic carbocycles. The predicted octanol–water partition coefficient (Wildman–Crippen LogP) is 2.08. The van der Waals surface area contributed by atoms with E-state index in [9.17, 15) is 0 Å². The van der Waals surface area contributed by atoms with Crippen molar-refractivity contribution in [2.24, 2.45) is 0 Å². The van der Waals surface area contributed by atoms with Crippen LogP contribution in [0, 0.1) is 0 Å². The van der Waals surface area contributed by atoms with Crippen LogP contribution in [0.4, 0.5) is 6.01 Å². The molecule has 1 aliphatic heterocycles. The van der Waals surface area contributed by atoms with Crippen molar-refractivity contribution in [3.05, 3.63) is 35.7 Å². The van der Waals surface area contributed by atoms with Crippen molar-refractivity contribution >= 4 is 6.01 Å². The molecule has 0 fully saturated rings. The Kier molecular flexibility index (Phi) is 2.80. The summed E-state index contributed by atoms with van der Waals surface area (Å²) < 4.78 is 16.5. The number of oxazole rings is 1. The topological polar surface area (TPSA) is 56.5 Å². The van der Waals surface area contributed by atoms with E-state index in [-0.39, 0.29) is 0 Å². The molecule has 3 rings (SSSR count). The maximum atomic E-state index is 5.54. The third kappa shape index (κ3) is 2.11. The second-order valence-corrected chi connectivity index (χ2v) is 4.04. The molecule has 0 atom stereocenters. The fourth-order valence-corrected chi connectivity index (χ4v) is 1.90. The van der Waals surface area contributed by atoms with E-state index in [0.29, 0.717) is 25.6 Å². The number of nitrogens with zero attached hydrogens (tertiary/aromatic N) is 1. The lowest BCUT2D eigenvalue weighted by atomic mass is 10.1. The molecule has 0 spiro atoms. The van der Waals surface area contributed by atoms with E-state index in [1.54, 1.807) is 13.2 Å². The normalized spacial score (nSPS) is 13.4. The Balaban J connectivity index is 1.80. The number of rotatable bonds is 3. The molecule has 1 aromatic carbocycles. The predicted molar refractivity (Wildman–Crippen MR) is 66.3 cm³/mol. The minimum atomic E-state index is 0.530. The zero-order valence-corrected chi connectivity index (χ0v) is 10.1. The number of benzene rings is 1. The van der Waals surface area contributed by atoms with Gasteiger partial charge in [-0.3, -0.25) is 0 Å². The Morgan fingerprint density at radius 1 is 1.22 bits per heavy atom. The quantitative estimate of drug-likeness (QED) is 0.898. The molecule has 0 bridgehead atoms. The summed E-state index contributed by atoms with van der Waals surface area (Å²) in [4.78, 5) is 4.08. The molecule has 18 heavy (non-hydrogen) atoms. The Morgan fingerprint density at radius 3 is 2.83 bits per heavy atom. The van der Waals surface area contributed by atoms with Crippen LogP contribution in [-0.2, 0) is 6.42 Å². The van der Waals surface area contributed by atoms with Gasteiger partial charge < -0.3 is 19.2 Å². The number of hydrogen-bond acceptors (Lipinski definition) is 5. The molecule has 0 unspecified atom stereocenters. The van der Waals surface area contributed by atoms with Gasteiger partial charge in [-0.15, -0.1) is 0 Å². The Bertz CT molecular complexity index is 551. The maximum Gasteiger partial charge on any atom is 0.294 e. The number of nitrogens with one attached hydrogen (secondary N) is 1. The van der Waals surface area contributed by atoms with E-state index in [1.807, 2.05) is 18.2 Å². The Labute approximate surface area is 105 Å². The summed E-state index contributed by atoms with van der Waals surface area (Å²) >= 11 is 0. The number of anilines is 1. The van der Waals surface area contributed by atoms with Crippen molar-refractivity contribution in [3.8, 4) is 11.5 Å². The summed E-state index contributed by atoms with van der Waals surface area (Å²) in [5, 5.41) is 2.86. The number of aromatic nitrogens is 1. The monoisotopic (exact) mass is 246 g/mol. The Morgan fingerprint density at radius 2 is 2.06 bits per heavy atom. The van der Waals surface area contributed by atoms with Crippen LogP contribution in [0.25, 0.3) is 0 Å². The summed E-state index contributed by atoms with van der Waals surface area (Å²) in [6.45, 7) is 1.21. The first-order chi connectivity index (χ1) is 8.85. The van der Waals surface area contributed by atoms with Crippen LogP contribution in [-0.4, -0.2) is 25.2 Å². The maximum absolute atomic E-state index is 5.54. The molecule has 5 heteroatoms. The van der Waals surface area contributed by atoms with E-state index in [0.717, 1.165) is 22.8 Å². The average Bonchev–Trinajstić information content (AvgIpc) is 2.86. The summed E-state index contributed by atoms with van der Waals surface area (Å²) in [5.41, 5.74) is 1.11. The third-order valence-electron chi connectivity index (χ3n) is 2.75. The summed E-state index contributed by atoms with van der Waals surface area (Å²) in [7, 11) is 1.78. The third-order valence-corrected chi connectivity index (χ3v) is 2.75. The highest BCUT2D eigenvalue weighted by Crippen LogP contribution is 2.31. The van der Waals surface area contributed by atoms with Gasteiger partial charge in [-0.05, 0) is 17.7 Å². The van der Waals surface area contributed by atoms with Crippen LogP contribution >= 0.6 is 0 Å². The molecule has 2 heterocycles. The van der Waals surface area contributed by atoms with Crippen molar-refractivity contribution in [1.82, 2.24) is 4.98 Å². The van der Waals surface area contributed by atoms with Crippen LogP contribution in [0.1, 0.15) is 11.3 Å². The number of hydrogen-bond donors (Lipinski definition) is 1. The lowest BCUT2D eigenvalue weighted by Gasteiger charge is -2.18. The first-order valence-corrected chi connectivity index (χ1v) is 5.86. The first kappa shape index (κ1) is 11.0. The number of ether oxygens (including phenoxy) is 2. The van der Waals surface area contributed by atoms with E-state index < -0.39 is 0 Å². The minimum absolute atomic E-state index is 0.530. The van der Waals surface area contributed by atoms with Crippen molar-refractivity contribution in [2.45, 2.75) is 6.42 Å². The fraction of sp³-hybridized carbons (Fsp3) is 0.308. The lowest BCUT2D eigenvalue weighted by molar-refractivity contribution is 0.171. The van der Waals surface area contributed by atoms with Crippen molar-refractivity contribution < 1.29 is 13.9 Å². The highest BCUT2D eigenvalue weighted by molar-refractivity contribution is 5.44. The van der Waals surface area contributed by atoms with Gasteiger partial charge in [-0.1, -0.05) is 6.07 Å². The summed E-state index contributed by atoms with van der Waals surface area (Å²) in [5.74, 6) is 2.42. The van der Waals surface area contributed by atoms with Crippen molar-refractivity contribution in [2.75, 3.05) is 25.6 Å². The molecule has 0 saturated heterocycles. The fourth-order valence-electron chi connectivity index (χ4n) is 1.90. The van der Waals surface area contributed by atoms with Gasteiger partial charge in [0.1, 0.15) is 19.0 Å². The van der Waals surface area contributed by atoms with E-state index in [1.165, 1.54) is 0 Å². The highest BCUT2D eigenvalue weighted by Gasteiger charge is 2.12. The van der Waals surface area contributed by atoms with Gasteiger partial charge in [0.2, 0.25) is 0 Å². The smallest absolute Gasteiger partial charge is 0.294 e. The molecule has 1 N–H and O–H groups in total. The summed E-state index contributed by atoms with van der Waals surface area (Å²) in [6, 6.07) is 6.45. The molecule has 0 amide bonds. The molecule has 0 saturated carbocycles. The summed E-state index contributed by atoms with van der Waals surface area (Å²) in [6.07, 6.45) is 2.41. The molecule has 5 nitrogen and oxygen atoms in total. The molecule has 1 aliphatic rings. The van der Waals surface area contributed by atoms with E-state index in [2.05, 4.69) is 10.3 Å². The van der Waals surface area contributed by atoms with Crippen molar-refractivity contribution in [1.29, 1.82) is 0 Å². The van der Waals surface area contributed by atoms with Crippen LogP contribution in [0.3, 0.4) is 0 Å². The van der Waals surface area contributed by atoms with Crippen LogP contribution in [0.5, 0.6) is 11.5 Å². The lowest BCUT2D eigenvalue weighted by Crippen LogP contribution is -2.15. The average molecular weight is 246 g/mol. The molecule has 1 aromatic heterocycles. The number of fused-ring (bicyclic) bond motifs is 1. The molecular formula is C13H14N2O3. The molecule has 94 valence electrons. The second kappa shape index (κ2) is 4.60. The van der Waals surface area contributed by atoms with E-state index in [4.69, 9.17) is 13.9 Å². The highest BCUT2D eigenvalue weighted by atomic mass is 16.6. The van der Waals surface area contributed by atoms with Crippen molar-refractivity contribution in [3.63, 3.8) is 0 Å². The largest absolute Gasteiger partial charge is 0.486 e. The zero-order valence-electron chi connectivity index (χ0n) is 10.1. The SMILES string of the molecule is CNc1ncc(Cc2ccc3c(c2)OCCO3)o1.